The predicted octanol–water partition coefficient (Wildman–Crippen LogP) is 3.32. The molecule has 0 fully saturated rings. The molecule has 8 heteroatoms. The van der Waals surface area contributed by atoms with Gasteiger partial charge in [0.2, 0.25) is 17.7 Å². The molecule has 0 aliphatic carbocycles. The SMILES string of the molecule is CCN(CC(=O)NCc1ccc(F)cc1)C(=O)CC(NC(C)=O)c1ccc(Br)cc1. The van der Waals surface area contributed by atoms with Gasteiger partial charge in [0.15, 0.2) is 0 Å². The molecule has 0 bridgehead atoms. The first-order valence-electron chi connectivity index (χ1n) is 9.60. The normalized spacial score (nSPS) is 11.5. The Morgan fingerprint density at radius 1 is 1.07 bits per heavy atom. The third-order valence-corrected chi connectivity index (χ3v) is 5.03. The maximum Gasteiger partial charge on any atom is 0.239 e. The fraction of sp³-hybridized carbons (Fsp3) is 0.318. The molecule has 6 nitrogen and oxygen atoms in total. The number of amides is 3. The Morgan fingerprint density at radius 2 is 1.70 bits per heavy atom. The van der Waals surface area contributed by atoms with Crippen LogP contribution >= 0.6 is 15.9 Å². The fourth-order valence-corrected chi connectivity index (χ4v) is 3.17. The number of hydrogen-bond acceptors (Lipinski definition) is 3. The topological polar surface area (TPSA) is 78.5 Å². The van der Waals surface area contributed by atoms with Crippen LogP contribution in [0.25, 0.3) is 0 Å². The highest BCUT2D eigenvalue weighted by atomic mass is 79.9. The largest absolute Gasteiger partial charge is 0.350 e. The van der Waals surface area contributed by atoms with Crippen molar-refractivity contribution in [3.8, 4) is 0 Å². The summed E-state index contributed by atoms with van der Waals surface area (Å²) >= 11 is 3.37. The Hall–Kier alpha value is -2.74. The quantitative estimate of drug-likeness (QED) is 0.581. The molecule has 2 aromatic rings. The second kappa shape index (κ2) is 11.4. The lowest BCUT2D eigenvalue weighted by molar-refractivity contribution is -0.136. The van der Waals surface area contributed by atoms with Gasteiger partial charge in [-0.2, -0.15) is 0 Å². The van der Waals surface area contributed by atoms with Crippen LogP contribution in [0.15, 0.2) is 53.0 Å². The third kappa shape index (κ3) is 7.59. The molecule has 2 rings (SSSR count). The van der Waals surface area contributed by atoms with Crippen LogP contribution in [0.3, 0.4) is 0 Å². The van der Waals surface area contributed by atoms with Crippen molar-refractivity contribution in [2.75, 3.05) is 13.1 Å². The van der Waals surface area contributed by atoms with E-state index in [0.29, 0.717) is 6.54 Å². The zero-order valence-corrected chi connectivity index (χ0v) is 18.5. The molecule has 1 unspecified atom stereocenters. The molecular formula is C22H25BrFN3O3. The van der Waals surface area contributed by atoms with Crippen molar-refractivity contribution in [2.24, 2.45) is 0 Å². The molecule has 30 heavy (non-hydrogen) atoms. The van der Waals surface area contributed by atoms with Crippen LogP contribution in [0.5, 0.6) is 0 Å². The maximum atomic E-state index is 13.0. The highest BCUT2D eigenvalue weighted by molar-refractivity contribution is 9.10. The highest BCUT2D eigenvalue weighted by Crippen LogP contribution is 2.20. The van der Waals surface area contributed by atoms with Gasteiger partial charge in [-0.15, -0.1) is 0 Å². The van der Waals surface area contributed by atoms with Crippen molar-refractivity contribution in [3.05, 3.63) is 69.9 Å². The Balaban J connectivity index is 1.96. The van der Waals surface area contributed by atoms with E-state index in [-0.39, 0.29) is 43.0 Å². The Kier molecular flexibility index (Phi) is 8.98. The average Bonchev–Trinajstić information content (AvgIpc) is 2.71. The van der Waals surface area contributed by atoms with Crippen LogP contribution in [0.2, 0.25) is 0 Å². The van der Waals surface area contributed by atoms with Crippen LogP contribution in [-0.2, 0) is 20.9 Å². The number of carbonyl (C=O) groups excluding carboxylic acids is 3. The molecule has 0 aliphatic heterocycles. The minimum atomic E-state index is -0.487. The van der Waals surface area contributed by atoms with E-state index in [1.54, 1.807) is 19.1 Å². The average molecular weight is 478 g/mol. The van der Waals surface area contributed by atoms with Crippen molar-refractivity contribution in [3.63, 3.8) is 0 Å². The van der Waals surface area contributed by atoms with Gasteiger partial charge in [0, 0.05) is 24.5 Å². The van der Waals surface area contributed by atoms with E-state index in [1.807, 2.05) is 24.3 Å². The van der Waals surface area contributed by atoms with E-state index in [1.165, 1.54) is 24.0 Å². The van der Waals surface area contributed by atoms with Crippen LogP contribution in [0.4, 0.5) is 4.39 Å². The predicted molar refractivity (Wildman–Crippen MR) is 116 cm³/mol. The summed E-state index contributed by atoms with van der Waals surface area (Å²) in [7, 11) is 0. The fourth-order valence-electron chi connectivity index (χ4n) is 2.90. The van der Waals surface area contributed by atoms with Crippen molar-refractivity contribution < 1.29 is 18.8 Å². The van der Waals surface area contributed by atoms with E-state index < -0.39 is 6.04 Å². The van der Waals surface area contributed by atoms with Gasteiger partial charge in [-0.3, -0.25) is 14.4 Å². The van der Waals surface area contributed by atoms with Crippen molar-refractivity contribution in [2.45, 2.75) is 32.9 Å². The summed E-state index contributed by atoms with van der Waals surface area (Å²) in [6.07, 6.45) is 0.0420. The molecule has 0 aromatic heterocycles. The molecule has 0 heterocycles. The molecule has 0 saturated heterocycles. The van der Waals surface area contributed by atoms with Gasteiger partial charge < -0.3 is 15.5 Å². The summed E-state index contributed by atoms with van der Waals surface area (Å²) in [5, 5.41) is 5.53. The summed E-state index contributed by atoms with van der Waals surface area (Å²) in [6.45, 7) is 3.70. The molecule has 0 radical (unpaired) electrons. The summed E-state index contributed by atoms with van der Waals surface area (Å²) in [5.41, 5.74) is 1.57. The molecule has 0 aliphatic rings. The molecule has 0 saturated carbocycles. The number of benzene rings is 2. The monoisotopic (exact) mass is 477 g/mol. The van der Waals surface area contributed by atoms with Gasteiger partial charge >= 0.3 is 0 Å². The second-order valence-electron chi connectivity index (χ2n) is 6.82. The molecule has 2 aromatic carbocycles. The van der Waals surface area contributed by atoms with E-state index in [9.17, 15) is 18.8 Å². The van der Waals surface area contributed by atoms with E-state index in [0.717, 1.165) is 15.6 Å². The first kappa shape index (κ1) is 23.5. The molecule has 1 atom stereocenters. The van der Waals surface area contributed by atoms with Crippen molar-refractivity contribution in [1.29, 1.82) is 0 Å². The van der Waals surface area contributed by atoms with Crippen LogP contribution in [-0.4, -0.2) is 35.7 Å². The molecule has 0 spiro atoms. The summed E-state index contributed by atoms with van der Waals surface area (Å²) in [5.74, 6) is -1.13. The molecule has 2 N–H and O–H groups in total. The van der Waals surface area contributed by atoms with Gasteiger partial charge in [-0.1, -0.05) is 40.2 Å². The number of nitrogens with zero attached hydrogens (tertiary/aromatic N) is 1. The minimum absolute atomic E-state index is 0.0420. The molecular weight excluding hydrogens is 453 g/mol. The lowest BCUT2D eigenvalue weighted by atomic mass is 10.0. The zero-order valence-electron chi connectivity index (χ0n) is 17.0. The van der Waals surface area contributed by atoms with Crippen LogP contribution in [0.1, 0.15) is 37.4 Å². The Morgan fingerprint density at radius 3 is 2.27 bits per heavy atom. The summed E-state index contributed by atoms with van der Waals surface area (Å²) in [4.78, 5) is 38.1. The third-order valence-electron chi connectivity index (χ3n) is 4.50. The number of hydrogen-bond donors (Lipinski definition) is 2. The maximum absolute atomic E-state index is 13.0. The van der Waals surface area contributed by atoms with E-state index in [4.69, 9.17) is 0 Å². The second-order valence-corrected chi connectivity index (χ2v) is 7.74. The lowest BCUT2D eigenvalue weighted by Gasteiger charge is -2.24. The highest BCUT2D eigenvalue weighted by Gasteiger charge is 2.22. The lowest BCUT2D eigenvalue weighted by Crippen LogP contribution is -2.42. The Bertz CT molecular complexity index is 872. The zero-order chi connectivity index (χ0) is 22.1. The standard InChI is InChI=1S/C22H25BrFN3O3/c1-3-27(14-21(29)25-13-16-4-10-19(24)11-5-16)22(30)12-20(26-15(2)28)17-6-8-18(23)9-7-17/h4-11,20H,3,12-14H2,1-2H3,(H,25,29)(H,26,28). The smallest absolute Gasteiger partial charge is 0.239 e. The number of likely N-dealkylation sites (N-methyl/N-ethyl adjacent to an activating group) is 1. The minimum Gasteiger partial charge on any atom is -0.350 e. The van der Waals surface area contributed by atoms with Gasteiger partial charge in [0.1, 0.15) is 5.82 Å². The first-order valence-corrected chi connectivity index (χ1v) is 10.4. The number of nitrogens with one attached hydrogen (secondary N) is 2. The summed E-state index contributed by atoms with van der Waals surface area (Å²) in [6, 6.07) is 12.7. The van der Waals surface area contributed by atoms with Gasteiger partial charge in [0.05, 0.1) is 19.0 Å². The number of rotatable bonds is 9. The molecule has 3 amide bonds. The van der Waals surface area contributed by atoms with Crippen molar-refractivity contribution in [1.82, 2.24) is 15.5 Å². The number of carbonyl (C=O) groups is 3. The van der Waals surface area contributed by atoms with Gasteiger partial charge in [-0.05, 0) is 42.3 Å². The molecule has 160 valence electrons. The van der Waals surface area contributed by atoms with Crippen molar-refractivity contribution >= 4 is 33.7 Å². The van der Waals surface area contributed by atoms with Crippen LogP contribution in [0, 0.1) is 5.82 Å². The van der Waals surface area contributed by atoms with E-state index in [2.05, 4.69) is 26.6 Å². The summed E-state index contributed by atoms with van der Waals surface area (Å²) < 4.78 is 13.9. The first-order chi connectivity index (χ1) is 14.3. The van der Waals surface area contributed by atoms with Gasteiger partial charge in [0.25, 0.3) is 0 Å². The van der Waals surface area contributed by atoms with Crippen LogP contribution < -0.4 is 10.6 Å². The number of halogens is 2. The van der Waals surface area contributed by atoms with E-state index >= 15 is 0 Å². The van der Waals surface area contributed by atoms with Gasteiger partial charge in [-0.25, -0.2) is 4.39 Å². The Labute approximate surface area is 184 Å².